The van der Waals surface area contributed by atoms with Crippen LogP contribution in [0.5, 0.6) is 0 Å². The van der Waals surface area contributed by atoms with E-state index in [1.807, 2.05) is 6.07 Å². The van der Waals surface area contributed by atoms with Crippen molar-refractivity contribution < 1.29 is 9.26 Å². The van der Waals surface area contributed by atoms with Crippen molar-refractivity contribution in [2.24, 2.45) is 0 Å². The summed E-state index contributed by atoms with van der Waals surface area (Å²) in [6.07, 6.45) is 3.24. The van der Waals surface area contributed by atoms with Crippen molar-refractivity contribution >= 4 is 15.9 Å². The van der Waals surface area contributed by atoms with Gasteiger partial charge in [-0.1, -0.05) is 5.16 Å². The fourth-order valence-corrected chi connectivity index (χ4v) is 2.11. The Kier molecular flexibility index (Phi) is 3.35. The molecule has 0 bridgehead atoms. The SMILES string of the molecule is Brc1cncc(-c2nc(C3CNCCO3)no2)c1. The van der Waals surface area contributed by atoms with Crippen LogP contribution in [0.2, 0.25) is 0 Å². The standard InChI is InChI=1S/C11H11BrN4O2/c12-8-3-7(4-14-5-8)11-15-10(16-18-11)9-6-13-1-2-17-9/h3-5,9,13H,1-2,6H2. The number of ether oxygens (including phenoxy) is 1. The molecular formula is C11H11BrN4O2. The summed E-state index contributed by atoms with van der Waals surface area (Å²) in [5, 5.41) is 7.18. The third kappa shape index (κ3) is 2.43. The maximum atomic E-state index is 5.56. The number of pyridine rings is 1. The second-order valence-electron chi connectivity index (χ2n) is 3.91. The molecule has 1 fully saturated rings. The first kappa shape index (κ1) is 11.8. The number of nitrogens with one attached hydrogen (secondary N) is 1. The van der Waals surface area contributed by atoms with Crippen LogP contribution in [0.1, 0.15) is 11.9 Å². The second kappa shape index (κ2) is 5.13. The second-order valence-corrected chi connectivity index (χ2v) is 4.83. The molecule has 0 amide bonds. The number of nitrogens with zero attached hydrogens (tertiary/aromatic N) is 3. The Morgan fingerprint density at radius 2 is 2.33 bits per heavy atom. The van der Waals surface area contributed by atoms with Gasteiger partial charge < -0.3 is 14.6 Å². The zero-order valence-electron chi connectivity index (χ0n) is 9.47. The maximum Gasteiger partial charge on any atom is 0.259 e. The zero-order valence-corrected chi connectivity index (χ0v) is 11.1. The Hall–Kier alpha value is -1.31. The number of aromatic nitrogens is 3. The van der Waals surface area contributed by atoms with Gasteiger partial charge in [0, 0.05) is 30.0 Å². The van der Waals surface area contributed by atoms with Crippen molar-refractivity contribution in [1.29, 1.82) is 0 Å². The predicted octanol–water partition coefficient (Wildman–Crippen LogP) is 1.55. The Balaban J connectivity index is 1.84. The van der Waals surface area contributed by atoms with Gasteiger partial charge in [-0.15, -0.1) is 0 Å². The van der Waals surface area contributed by atoms with E-state index in [0.717, 1.165) is 16.6 Å². The normalized spacial score (nSPS) is 19.9. The lowest BCUT2D eigenvalue weighted by atomic mass is 10.3. The minimum absolute atomic E-state index is 0.142. The summed E-state index contributed by atoms with van der Waals surface area (Å²) >= 11 is 3.36. The van der Waals surface area contributed by atoms with Crippen LogP contribution in [0.15, 0.2) is 27.5 Å². The Bertz CT molecular complexity index is 539. The van der Waals surface area contributed by atoms with Gasteiger partial charge >= 0.3 is 0 Å². The number of hydrogen-bond donors (Lipinski definition) is 1. The van der Waals surface area contributed by atoms with E-state index in [4.69, 9.17) is 9.26 Å². The largest absolute Gasteiger partial charge is 0.367 e. The minimum Gasteiger partial charge on any atom is -0.367 e. The van der Waals surface area contributed by atoms with Crippen molar-refractivity contribution in [2.45, 2.75) is 6.10 Å². The Morgan fingerprint density at radius 1 is 1.39 bits per heavy atom. The van der Waals surface area contributed by atoms with E-state index in [1.165, 1.54) is 0 Å². The molecule has 1 aliphatic heterocycles. The van der Waals surface area contributed by atoms with Gasteiger partial charge in [0.2, 0.25) is 5.82 Å². The fraction of sp³-hybridized carbons (Fsp3) is 0.364. The molecule has 1 unspecified atom stereocenters. The first-order valence-electron chi connectivity index (χ1n) is 5.60. The zero-order chi connectivity index (χ0) is 12.4. The highest BCUT2D eigenvalue weighted by atomic mass is 79.9. The fourth-order valence-electron chi connectivity index (χ4n) is 1.74. The average molecular weight is 311 g/mol. The van der Waals surface area contributed by atoms with Gasteiger partial charge in [0.25, 0.3) is 5.89 Å². The Labute approximate surface area is 112 Å². The lowest BCUT2D eigenvalue weighted by molar-refractivity contribution is 0.0208. The van der Waals surface area contributed by atoms with Gasteiger partial charge in [-0.25, -0.2) is 0 Å². The van der Waals surface area contributed by atoms with E-state index in [2.05, 4.69) is 36.4 Å². The molecule has 0 aliphatic carbocycles. The van der Waals surface area contributed by atoms with Crippen LogP contribution in [-0.4, -0.2) is 34.8 Å². The maximum absolute atomic E-state index is 5.56. The summed E-state index contributed by atoms with van der Waals surface area (Å²) < 4.78 is 11.7. The molecule has 7 heteroatoms. The molecule has 3 heterocycles. The van der Waals surface area contributed by atoms with E-state index in [1.54, 1.807) is 12.4 Å². The summed E-state index contributed by atoms with van der Waals surface area (Å²) in [6, 6.07) is 1.88. The van der Waals surface area contributed by atoms with E-state index < -0.39 is 0 Å². The van der Waals surface area contributed by atoms with Crippen LogP contribution >= 0.6 is 15.9 Å². The van der Waals surface area contributed by atoms with Crippen LogP contribution < -0.4 is 5.32 Å². The van der Waals surface area contributed by atoms with E-state index in [0.29, 0.717) is 24.9 Å². The first-order chi connectivity index (χ1) is 8.83. The van der Waals surface area contributed by atoms with E-state index in [-0.39, 0.29) is 6.10 Å². The van der Waals surface area contributed by atoms with Crippen LogP contribution in [0.3, 0.4) is 0 Å². The van der Waals surface area contributed by atoms with Crippen molar-refractivity contribution in [3.8, 4) is 11.5 Å². The molecular weight excluding hydrogens is 300 g/mol. The van der Waals surface area contributed by atoms with E-state index in [9.17, 15) is 0 Å². The van der Waals surface area contributed by atoms with Crippen molar-refractivity contribution in [2.75, 3.05) is 19.7 Å². The molecule has 0 aromatic carbocycles. The molecule has 2 aromatic rings. The first-order valence-corrected chi connectivity index (χ1v) is 6.39. The monoisotopic (exact) mass is 310 g/mol. The van der Waals surface area contributed by atoms with Gasteiger partial charge in [-0.3, -0.25) is 4.98 Å². The summed E-state index contributed by atoms with van der Waals surface area (Å²) in [6.45, 7) is 2.22. The third-order valence-electron chi connectivity index (χ3n) is 2.61. The Morgan fingerprint density at radius 3 is 3.11 bits per heavy atom. The van der Waals surface area contributed by atoms with Gasteiger partial charge in [0.1, 0.15) is 6.10 Å². The topological polar surface area (TPSA) is 73.1 Å². The highest BCUT2D eigenvalue weighted by molar-refractivity contribution is 9.10. The summed E-state index contributed by atoms with van der Waals surface area (Å²) in [4.78, 5) is 8.41. The minimum atomic E-state index is -0.142. The molecule has 0 spiro atoms. The van der Waals surface area contributed by atoms with Crippen LogP contribution in [0.25, 0.3) is 11.5 Å². The molecule has 1 N–H and O–H groups in total. The molecule has 2 aromatic heterocycles. The van der Waals surface area contributed by atoms with Crippen LogP contribution in [-0.2, 0) is 4.74 Å². The number of morpholine rings is 1. The van der Waals surface area contributed by atoms with Gasteiger partial charge in [0.05, 0.1) is 12.2 Å². The average Bonchev–Trinajstić information content (AvgIpc) is 2.89. The van der Waals surface area contributed by atoms with Crippen molar-refractivity contribution in [1.82, 2.24) is 20.4 Å². The van der Waals surface area contributed by atoms with Gasteiger partial charge in [-0.2, -0.15) is 4.98 Å². The molecule has 0 radical (unpaired) electrons. The quantitative estimate of drug-likeness (QED) is 0.907. The summed E-state index contributed by atoms with van der Waals surface area (Å²) in [5.41, 5.74) is 0.784. The number of hydrogen-bond acceptors (Lipinski definition) is 6. The number of halogens is 1. The molecule has 6 nitrogen and oxygen atoms in total. The molecule has 1 saturated heterocycles. The molecule has 0 saturated carbocycles. The van der Waals surface area contributed by atoms with Crippen molar-refractivity contribution in [3.05, 3.63) is 28.8 Å². The summed E-state index contributed by atoms with van der Waals surface area (Å²) in [7, 11) is 0. The predicted molar refractivity (Wildman–Crippen MR) is 66.8 cm³/mol. The van der Waals surface area contributed by atoms with E-state index >= 15 is 0 Å². The lowest BCUT2D eigenvalue weighted by Gasteiger charge is -2.20. The molecule has 3 rings (SSSR count). The highest BCUT2D eigenvalue weighted by Crippen LogP contribution is 2.23. The van der Waals surface area contributed by atoms with Gasteiger partial charge in [-0.05, 0) is 22.0 Å². The molecule has 1 aliphatic rings. The summed E-state index contributed by atoms with van der Waals surface area (Å²) in [5.74, 6) is 1.02. The molecule has 94 valence electrons. The highest BCUT2D eigenvalue weighted by Gasteiger charge is 2.21. The van der Waals surface area contributed by atoms with Crippen LogP contribution in [0.4, 0.5) is 0 Å². The van der Waals surface area contributed by atoms with Gasteiger partial charge in [0.15, 0.2) is 0 Å². The smallest absolute Gasteiger partial charge is 0.259 e. The molecule has 1 atom stereocenters. The lowest BCUT2D eigenvalue weighted by Crippen LogP contribution is -2.33. The van der Waals surface area contributed by atoms with Crippen molar-refractivity contribution in [3.63, 3.8) is 0 Å². The number of rotatable bonds is 2. The molecule has 18 heavy (non-hydrogen) atoms. The third-order valence-corrected chi connectivity index (χ3v) is 3.04. The van der Waals surface area contributed by atoms with Crippen LogP contribution in [0, 0.1) is 0 Å².